The van der Waals surface area contributed by atoms with Crippen LogP contribution in [0.2, 0.25) is 0 Å². The number of hydrogen-bond donors (Lipinski definition) is 1. The smallest absolute Gasteiger partial charge is 0.137 e. The van der Waals surface area contributed by atoms with Gasteiger partial charge in [-0.3, -0.25) is 4.98 Å². The molecule has 0 fully saturated rings. The number of nitrogens with one attached hydrogen (secondary N) is 1. The van der Waals surface area contributed by atoms with Gasteiger partial charge in [0.25, 0.3) is 0 Å². The fourth-order valence-electron chi connectivity index (χ4n) is 2.18. The van der Waals surface area contributed by atoms with Gasteiger partial charge < -0.3 is 10.2 Å². The Hall–Kier alpha value is -2.17. The summed E-state index contributed by atoms with van der Waals surface area (Å²) in [7, 11) is 3.95. The van der Waals surface area contributed by atoms with E-state index in [1.165, 1.54) is 5.56 Å². The first kappa shape index (κ1) is 14.2. The van der Waals surface area contributed by atoms with Crippen molar-refractivity contribution in [1.29, 1.82) is 0 Å². The number of aromatic nitrogens is 3. The largest absolute Gasteiger partial charge is 0.373 e. The van der Waals surface area contributed by atoms with Gasteiger partial charge in [0.15, 0.2) is 0 Å². The second kappa shape index (κ2) is 6.32. The number of pyridine rings is 1. The Balaban J connectivity index is 2.13. The van der Waals surface area contributed by atoms with Gasteiger partial charge in [0.2, 0.25) is 0 Å². The quantitative estimate of drug-likeness (QED) is 0.903. The maximum atomic E-state index is 4.56. The van der Waals surface area contributed by atoms with Gasteiger partial charge in [-0.15, -0.1) is 0 Å². The highest BCUT2D eigenvalue weighted by Gasteiger charge is 2.12. The fourth-order valence-corrected chi connectivity index (χ4v) is 2.18. The predicted octanol–water partition coefficient (Wildman–Crippen LogP) is 2.21. The third-order valence-corrected chi connectivity index (χ3v) is 3.32. The van der Waals surface area contributed by atoms with Gasteiger partial charge in [0, 0.05) is 38.6 Å². The molecule has 0 aliphatic heterocycles. The molecule has 0 radical (unpaired) electrons. The molecule has 20 heavy (non-hydrogen) atoms. The van der Waals surface area contributed by atoms with E-state index in [0.29, 0.717) is 0 Å². The lowest BCUT2D eigenvalue weighted by Gasteiger charge is -2.21. The third kappa shape index (κ3) is 3.23. The zero-order chi connectivity index (χ0) is 14.5. The van der Waals surface area contributed by atoms with E-state index >= 15 is 0 Å². The molecule has 1 N–H and O–H groups in total. The van der Waals surface area contributed by atoms with Crippen molar-refractivity contribution in [2.24, 2.45) is 0 Å². The minimum Gasteiger partial charge on any atom is -0.373 e. The Labute approximate surface area is 120 Å². The molecule has 0 spiro atoms. The van der Waals surface area contributed by atoms with Gasteiger partial charge in [-0.25, -0.2) is 9.97 Å². The van der Waals surface area contributed by atoms with Crippen LogP contribution >= 0.6 is 0 Å². The first-order valence-corrected chi connectivity index (χ1v) is 6.75. The lowest BCUT2D eigenvalue weighted by Crippen LogP contribution is -2.23. The molecule has 0 unspecified atom stereocenters. The van der Waals surface area contributed by atoms with E-state index in [0.717, 1.165) is 36.0 Å². The van der Waals surface area contributed by atoms with E-state index < -0.39 is 0 Å². The fraction of sp³-hybridized carbons (Fsp3) is 0.400. The minimum absolute atomic E-state index is 0.783. The Morgan fingerprint density at radius 1 is 1.15 bits per heavy atom. The van der Waals surface area contributed by atoms with Crippen LogP contribution < -0.4 is 10.2 Å². The molecule has 0 saturated carbocycles. The topological polar surface area (TPSA) is 53.9 Å². The highest BCUT2D eigenvalue weighted by atomic mass is 15.2. The van der Waals surface area contributed by atoms with Crippen molar-refractivity contribution in [1.82, 2.24) is 15.0 Å². The van der Waals surface area contributed by atoms with E-state index in [1.54, 1.807) is 0 Å². The number of anilines is 2. The summed E-state index contributed by atoms with van der Waals surface area (Å²) in [5.74, 6) is 2.66. The number of aryl methyl sites for hydroxylation is 1. The molecule has 2 aromatic heterocycles. The van der Waals surface area contributed by atoms with Crippen molar-refractivity contribution < 1.29 is 0 Å². The van der Waals surface area contributed by atoms with Crippen molar-refractivity contribution in [2.75, 3.05) is 30.9 Å². The lowest BCUT2D eigenvalue weighted by molar-refractivity contribution is 0.841. The molecule has 0 bridgehead atoms. The van der Waals surface area contributed by atoms with Gasteiger partial charge in [0.05, 0.1) is 0 Å². The summed E-state index contributed by atoms with van der Waals surface area (Å²) in [5, 5.41) is 3.12. The number of hydrogen-bond acceptors (Lipinski definition) is 5. The van der Waals surface area contributed by atoms with Crippen LogP contribution in [0, 0.1) is 13.8 Å². The third-order valence-electron chi connectivity index (χ3n) is 3.32. The van der Waals surface area contributed by atoms with Crippen molar-refractivity contribution in [3.8, 4) is 0 Å². The summed E-state index contributed by atoms with van der Waals surface area (Å²) in [5.41, 5.74) is 2.36. The minimum atomic E-state index is 0.783. The molecule has 106 valence electrons. The molecule has 2 rings (SSSR count). The van der Waals surface area contributed by atoms with Crippen LogP contribution in [0.15, 0.2) is 24.5 Å². The summed E-state index contributed by atoms with van der Waals surface area (Å²) in [6, 6.07) is 4.09. The highest BCUT2D eigenvalue weighted by Crippen LogP contribution is 2.22. The molecule has 0 atom stereocenters. The molecule has 2 aromatic rings. The summed E-state index contributed by atoms with van der Waals surface area (Å²) >= 11 is 0. The lowest BCUT2D eigenvalue weighted by atomic mass is 10.2. The molecule has 0 aromatic carbocycles. The van der Waals surface area contributed by atoms with Crippen LogP contribution in [0.3, 0.4) is 0 Å². The molecule has 0 saturated heterocycles. The van der Waals surface area contributed by atoms with Crippen LogP contribution in [-0.4, -0.2) is 35.6 Å². The van der Waals surface area contributed by atoms with E-state index in [2.05, 4.69) is 32.2 Å². The van der Waals surface area contributed by atoms with Crippen LogP contribution in [-0.2, 0) is 6.42 Å². The Kier molecular flexibility index (Phi) is 4.50. The van der Waals surface area contributed by atoms with Gasteiger partial charge >= 0.3 is 0 Å². The molecule has 5 nitrogen and oxygen atoms in total. The molecule has 0 amide bonds. The standard InChI is InChI=1S/C15H21N5/c1-11-14(16-3)18-12(2)19-15(11)20(4)10-7-13-5-8-17-9-6-13/h5-6,8-9H,7,10H2,1-4H3,(H,16,18,19). The highest BCUT2D eigenvalue weighted by molar-refractivity contribution is 5.58. The zero-order valence-electron chi connectivity index (χ0n) is 12.5. The average molecular weight is 271 g/mol. The second-order valence-corrected chi connectivity index (χ2v) is 4.85. The van der Waals surface area contributed by atoms with Crippen LogP contribution in [0.1, 0.15) is 17.0 Å². The van der Waals surface area contributed by atoms with Gasteiger partial charge in [-0.2, -0.15) is 0 Å². The molecule has 0 aliphatic carbocycles. The predicted molar refractivity (Wildman–Crippen MR) is 82.3 cm³/mol. The summed E-state index contributed by atoms with van der Waals surface area (Å²) in [4.78, 5) is 15.2. The Morgan fingerprint density at radius 3 is 2.50 bits per heavy atom. The Morgan fingerprint density at radius 2 is 1.85 bits per heavy atom. The normalized spacial score (nSPS) is 10.4. The van der Waals surface area contributed by atoms with Gasteiger partial charge in [0.1, 0.15) is 17.5 Å². The van der Waals surface area contributed by atoms with E-state index in [9.17, 15) is 0 Å². The molecule has 5 heteroatoms. The number of likely N-dealkylation sites (N-methyl/N-ethyl adjacent to an activating group) is 1. The van der Waals surface area contributed by atoms with Gasteiger partial charge in [-0.05, 0) is 38.0 Å². The van der Waals surface area contributed by atoms with Crippen molar-refractivity contribution >= 4 is 11.6 Å². The summed E-state index contributed by atoms with van der Waals surface area (Å²) in [6.45, 7) is 4.87. The maximum absolute atomic E-state index is 4.56. The molecular formula is C15H21N5. The van der Waals surface area contributed by atoms with Crippen molar-refractivity contribution in [3.05, 3.63) is 41.5 Å². The summed E-state index contributed by atoms with van der Waals surface area (Å²) in [6.07, 6.45) is 4.62. The summed E-state index contributed by atoms with van der Waals surface area (Å²) < 4.78 is 0. The SMILES string of the molecule is CNc1nc(C)nc(N(C)CCc2ccncc2)c1C. The zero-order valence-corrected chi connectivity index (χ0v) is 12.5. The van der Waals surface area contributed by atoms with E-state index in [-0.39, 0.29) is 0 Å². The van der Waals surface area contributed by atoms with E-state index in [4.69, 9.17) is 0 Å². The maximum Gasteiger partial charge on any atom is 0.137 e. The monoisotopic (exact) mass is 271 g/mol. The molecule has 0 aliphatic rings. The van der Waals surface area contributed by atoms with Crippen LogP contribution in [0.25, 0.3) is 0 Å². The first-order valence-electron chi connectivity index (χ1n) is 6.75. The van der Waals surface area contributed by atoms with Crippen LogP contribution in [0.5, 0.6) is 0 Å². The van der Waals surface area contributed by atoms with Crippen molar-refractivity contribution in [2.45, 2.75) is 20.3 Å². The Bertz CT molecular complexity index is 568. The van der Waals surface area contributed by atoms with Crippen molar-refractivity contribution in [3.63, 3.8) is 0 Å². The number of nitrogens with zero attached hydrogens (tertiary/aromatic N) is 4. The van der Waals surface area contributed by atoms with Crippen LogP contribution in [0.4, 0.5) is 11.6 Å². The second-order valence-electron chi connectivity index (χ2n) is 4.85. The molecular weight excluding hydrogens is 250 g/mol. The molecule has 2 heterocycles. The van der Waals surface area contributed by atoms with E-state index in [1.807, 2.05) is 45.4 Å². The average Bonchev–Trinajstić information content (AvgIpc) is 2.47. The van der Waals surface area contributed by atoms with Gasteiger partial charge in [-0.1, -0.05) is 0 Å². The number of rotatable bonds is 5. The first-order chi connectivity index (χ1) is 9.61.